The van der Waals surface area contributed by atoms with Crippen LogP contribution in [-0.2, 0) is 0 Å². The van der Waals surface area contributed by atoms with E-state index in [4.69, 9.17) is 0 Å². The van der Waals surface area contributed by atoms with Gasteiger partial charge in [0.15, 0.2) is 0 Å². The van der Waals surface area contributed by atoms with Crippen LogP contribution >= 0.6 is 0 Å². The average Bonchev–Trinajstić information content (AvgIpc) is 3.22. The maximum absolute atomic E-state index is 2.42. The monoisotopic (exact) mass is 660 g/mol. The summed E-state index contributed by atoms with van der Waals surface area (Å²) < 4.78 is 0. The molecule has 242 valence electrons. The van der Waals surface area contributed by atoms with Crippen LogP contribution in [0.3, 0.4) is 0 Å². The predicted octanol–water partition coefficient (Wildman–Crippen LogP) is 7.95. The summed E-state index contributed by atoms with van der Waals surface area (Å²) in [5.41, 5.74) is 17.6. The molecule has 0 radical (unpaired) electrons. The molecule has 2 heterocycles. The highest BCUT2D eigenvalue weighted by molar-refractivity contribution is 7.00. The molecule has 0 amide bonds. The largest absolute Gasteiger partial charge is 0.312 e. The Morgan fingerprint density at radius 2 is 0.481 bits per heavy atom. The molecule has 0 unspecified atom stereocenters. The summed E-state index contributed by atoms with van der Waals surface area (Å²) in [6.07, 6.45) is 0. The number of nitrogens with zero attached hydrogens (tertiary/aromatic N) is 2. The van der Waals surface area contributed by atoms with Crippen LogP contribution in [0.5, 0.6) is 0 Å². The summed E-state index contributed by atoms with van der Waals surface area (Å²) >= 11 is 0. The molecule has 8 aromatic rings. The molecule has 4 heteroatoms. The number of rotatable bonds is 5. The van der Waals surface area contributed by atoms with Crippen molar-refractivity contribution in [2.75, 3.05) is 9.80 Å². The molecule has 0 aliphatic carbocycles. The first-order chi connectivity index (χ1) is 25.9. The van der Waals surface area contributed by atoms with Crippen LogP contribution in [0.25, 0.3) is 11.1 Å². The Balaban J connectivity index is 1.18. The number of benzene rings is 8. The third-order valence-electron chi connectivity index (χ3n) is 10.8. The highest BCUT2D eigenvalue weighted by Crippen LogP contribution is 2.38. The lowest BCUT2D eigenvalue weighted by Crippen LogP contribution is -2.59. The molecule has 0 bridgehead atoms. The highest BCUT2D eigenvalue weighted by Gasteiger charge is 2.39. The fourth-order valence-corrected chi connectivity index (χ4v) is 8.70. The van der Waals surface area contributed by atoms with E-state index in [1.807, 2.05) is 0 Å². The SMILES string of the molecule is c1ccc(N2c3ccccc3B(c3ccccc3-c3ccccc3B3c4ccccc4N(c4ccccc4)c4ccccc43)c3ccccc32)cc1. The van der Waals surface area contributed by atoms with Gasteiger partial charge in [0, 0.05) is 34.1 Å². The number of anilines is 6. The second-order valence-electron chi connectivity index (χ2n) is 13.6. The van der Waals surface area contributed by atoms with Crippen molar-refractivity contribution in [2.45, 2.75) is 0 Å². The van der Waals surface area contributed by atoms with Gasteiger partial charge in [0.1, 0.15) is 0 Å². The Hall–Kier alpha value is -6.51. The van der Waals surface area contributed by atoms with E-state index in [9.17, 15) is 0 Å². The van der Waals surface area contributed by atoms with Crippen LogP contribution < -0.4 is 42.6 Å². The van der Waals surface area contributed by atoms with E-state index in [0.29, 0.717) is 0 Å². The van der Waals surface area contributed by atoms with Crippen molar-refractivity contribution < 1.29 is 0 Å². The quantitative estimate of drug-likeness (QED) is 0.173. The lowest BCUT2D eigenvalue weighted by Gasteiger charge is -2.38. The second-order valence-corrected chi connectivity index (χ2v) is 13.6. The van der Waals surface area contributed by atoms with Gasteiger partial charge in [-0.2, -0.15) is 0 Å². The Labute approximate surface area is 306 Å². The van der Waals surface area contributed by atoms with Crippen molar-refractivity contribution in [2.24, 2.45) is 0 Å². The molecule has 8 aromatic carbocycles. The molecule has 0 N–H and O–H groups in total. The zero-order chi connectivity index (χ0) is 34.4. The van der Waals surface area contributed by atoms with Gasteiger partial charge in [-0.25, -0.2) is 0 Å². The van der Waals surface area contributed by atoms with Gasteiger partial charge < -0.3 is 9.80 Å². The van der Waals surface area contributed by atoms with Crippen LogP contribution in [0.15, 0.2) is 206 Å². The molecular weight excluding hydrogens is 626 g/mol. The van der Waals surface area contributed by atoms with Crippen LogP contribution in [0.2, 0.25) is 0 Å². The third kappa shape index (κ3) is 4.83. The topological polar surface area (TPSA) is 6.48 Å². The van der Waals surface area contributed by atoms with Crippen molar-refractivity contribution in [3.05, 3.63) is 206 Å². The van der Waals surface area contributed by atoms with E-state index in [0.717, 1.165) is 0 Å². The standard InChI is InChI=1S/C48H34B2N2/c1-3-19-35(20-4-1)51-45-31-15-11-27-41(45)49(42-28-12-16-32-46(42)51)39-25-9-7-23-37(39)38-24-8-10-26-40(38)50-43-29-13-17-33-47(43)52(36-21-5-2-6-22-36)48-34-18-14-30-44(48)50/h1-34H. The summed E-state index contributed by atoms with van der Waals surface area (Å²) in [6, 6.07) is 75.5. The molecule has 2 aliphatic rings. The lowest BCUT2D eigenvalue weighted by atomic mass is 9.32. The van der Waals surface area contributed by atoms with Crippen LogP contribution in [0.4, 0.5) is 34.1 Å². The van der Waals surface area contributed by atoms with Crippen molar-refractivity contribution in [1.29, 1.82) is 0 Å². The van der Waals surface area contributed by atoms with Gasteiger partial charge in [-0.1, -0.05) is 169 Å². The minimum Gasteiger partial charge on any atom is -0.312 e. The Morgan fingerprint density at radius 3 is 0.808 bits per heavy atom. The maximum Gasteiger partial charge on any atom is 0.247 e. The maximum atomic E-state index is 2.42. The van der Waals surface area contributed by atoms with Gasteiger partial charge in [-0.15, -0.1) is 0 Å². The predicted molar refractivity (Wildman–Crippen MR) is 223 cm³/mol. The average molecular weight is 660 g/mol. The Kier molecular flexibility index (Phi) is 7.39. The van der Waals surface area contributed by atoms with Crippen molar-refractivity contribution in [1.82, 2.24) is 0 Å². The molecule has 0 spiro atoms. The number of fused-ring (bicyclic) bond motifs is 4. The molecule has 2 aliphatic heterocycles. The molecule has 0 saturated heterocycles. The number of hydrogen-bond acceptors (Lipinski definition) is 2. The Bertz CT molecular complexity index is 2290. The summed E-state index contributed by atoms with van der Waals surface area (Å²) in [4.78, 5) is 4.85. The van der Waals surface area contributed by atoms with Gasteiger partial charge >= 0.3 is 0 Å². The van der Waals surface area contributed by atoms with Gasteiger partial charge in [-0.05, 0) is 81.5 Å². The minimum absolute atomic E-state index is 0.0520. The molecule has 0 fully saturated rings. The molecule has 0 atom stereocenters. The van der Waals surface area contributed by atoms with Crippen LogP contribution in [0.1, 0.15) is 0 Å². The number of hydrogen-bond donors (Lipinski definition) is 0. The fraction of sp³-hybridized carbons (Fsp3) is 0. The van der Waals surface area contributed by atoms with Gasteiger partial charge in [0.05, 0.1) is 0 Å². The fourth-order valence-electron chi connectivity index (χ4n) is 8.70. The smallest absolute Gasteiger partial charge is 0.247 e. The van der Waals surface area contributed by atoms with E-state index in [1.54, 1.807) is 0 Å². The second kappa shape index (κ2) is 12.7. The van der Waals surface area contributed by atoms with Gasteiger partial charge in [0.2, 0.25) is 13.4 Å². The van der Waals surface area contributed by atoms with Gasteiger partial charge in [0.25, 0.3) is 0 Å². The van der Waals surface area contributed by atoms with E-state index in [1.165, 1.54) is 78.0 Å². The summed E-state index contributed by atoms with van der Waals surface area (Å²) in [6.45, 7) is 0.104. The van der Waals surface area contributed by atoms with E-state index in [2.05, 4.69) is 216 Å². The van der Waals surface area contributed by atoms with E-state index in [-0.39, 0.29) is 13.4 Å². The highest BCUT2D eigenvalue weighted by atomic mass is 15.2. The van der Waals surface area contributed by atoms with Crippen molar-refractivity contribution in [3.8, 4) is 11.1 Å². The van der Waals surface area contributed by atoms with Crippen LogP contribution in [0, 0.1) is 0 Å². The van der Waals surface area contributed by atoms with E-state index < -0.39 is 0 Å². The first-order valence-electron chi connectivity index (χ1n) is 18.1. The van der Waals surface area contributed by atoms with Crippen LogP contribution in [-0.4, -0.2) is 13.4 Å². The summed E-state index contributed by atoms with van der Waals surface area (Å²) in [5, 5.41) is 0. The molecule has 0 saturated carbocycles. The van der Waals surface area contributed by atoms with Crippen molar-refractivity contribution >= 4 is 80.3 Å². The molecule has 0 aromatic heterocycles. The first-order valence-corrected chi connectivity index (χ1v) is 18.1. The molecular formula is C48H34B2N2. The third-order valence-corrected chi connectivity index (χ3v) is 10.8. The lowest BCUT2D eigenvalue weighted by molar-refractivity contribution is 1.29. The van der Waals surface area contributed by atoms with E-state index >= 15 is 0 Å². The zero-order valence-electron chi connectivity index (χ0n) is 28.7. The Morgan fingerprint density at radius 1 is 0.231 bits per heavy atom. The summed E-state index contributed by atoms with van der Waals surface area (Å²) in [5.74, 6) is 0. The zero-order valence-corrected chi connectivity index (χ0v) is 28.7. The van der Waals surface area contributed by atoms with Gasteiger partial charge in [-0.3, -0.25) is 0 Å². The normalized spacial score (nSPS) is 12.8. The summed E-state index contributed by atoms with van der Waals surface area (Å²) in [7, 11) is 0. The molecule has 52 heavy (non-hydrogen) atoms. The minimum atomic E-state index is 0.0520. The number of para-hydroxylation sites is 6. The molecule has 10 rings (SSSR count). The van der Waals surface area contributed by atoms with Crippen molar-refractivity contribution in [3.63, 3.8) is 0 Å². The molecule has 2 nitrogen and oxygen atoms in total. The first kappa shape index (κ1) is 30.3.